The van der Waals surface area contributed by atoms with Gasteiger partial charge in [0.15, 0.2) is 6.23 Å². The minimum atomic E-state index is 0.206. The molecular weight excluding hydrogens is 296 g/mol. The van der Waals surface area contributed by atoms with E-state index in [1.807, 2.05) is 6.34 Å². The number of ether oxygens (including phenoxy) is 1. The van der Waals surface area contributed by atoms with Crippen molar-refractivity contribution < 1.29 is 4.74 Å². The Kier molecular flexibility index (Phi) is 14.3. The first-order chi connectivity index (χ1) is 11.9. The molecule has 0 spiro atoms. The molecule has 1 unspecified atom stereocenters. The van der Waals surface area contributed by atoms with E-state index in [2.05, 4.69) is 23.7 Å². The second-order valence-electron chi connectivity index (χ2n) is 7.22. The summed E-state index contributed by atoms with van der Waals surface area (Å²) in [5.74, 6) is 0. The van der Waals surface area contributed by atoms with Gasteiger partial charge in [-0.05, 0) is 13.3 Å². The molecule has 0 radical (unpaired) electrons. The lowest BCUT2D eigenvalue weighted by atomic mass is 10.0. The van der Waals surface area contributed by atoms with Crippen LogP contribution in [-0.4, -0.2) is 37.2 Å². The van der Waals surface area contributed by atoms with Crippen molar-refractivity contribution in [2.45, 2.75) is 110 Å². The lowest BCUT2D eigenvalue weighted by molar-refractivity contribution is -0.00201. The summed E-state index contributed by atoms with van der Waals surface area (Å²) in [5.41, 5.74) is 0. The summed E-state index contributed by atoms with van der Waals surface area (Å²) in [6.07, 6.45) is 22.0. The zero-order chi connectivity index (χ0) is 17.3. The van der Waals surface area contributed by atoms with Crippen LogP contribution in [-0.2, 0) is 4.74 Å². The third kappa shape index (κ3) is 11.1. The minimum absolute atomic E-state index is 0.206. The minimum Gasteiger partial charge on any atom is -0.357 e. The summed E-state index contributed by atoms with van der Waals surface area (Å²) < 4.78 is 5.69. The SMILES string of the molecule is CCCCCCCCCCCCCCCCN1C=NCC1OCC. The average molecular weight is 339 g/mol. The van der Waals surface area contributed by atoms with Crippen LogP contribution in [0.25, 0.3) is 0 Å². The normalized spacial score (nSPS) is 17.1. The maximum absolute atomic E-state index is 5.69. The zero-order valence-corrected chi connectivity index (χ0v) is 16.5. The molecule has 1 aliphatic heterocycles. The maximum Gasteiger partial charge on any atom is 0.150 e. The number of unbranched alkanes of at least 4 members (excludes halogenated alkanes) is 13. The molecule has 1 heterocycles. The van der Waals surface area contributed by atoms with Gasteiger partial charge >= 0.3 is 0 Å². The molecule has 1 rings (SSSR count). The highest BCUT2D eigenvalue weighted by atomic mass is 16.5. The van der Waals surface area contributed by atoms with Crippen LogP contribution in [0.1, 0.15) is 104 Å². The monoisotopic (exact) mass is 338 g/mol. The molecule has 1 atom stereocenters. The molecule has 3 heteroatoms. The Morgan fingerprint density at radius 2 is 1.29 bits per heavy atom. The van der Waals surface area contributed by atoms with Crippen molar-refractivity contribution in [1.82, 2.24) is 4.90 Å². The van der Waals surface area contributed by atoms with E-state index in [0.29, 0.717) is 0 Å². The molecular formula is C21H42N2O. The Balaban J connectivity index is 1.77. The van der Waals surface area contributed by atoms with Crippen molar-refractivity contribution in [2.75, 3.05) is 19.7 Å². The van der Waals surface area contributed by atoms with Crippen molar-refractivity contribution in [3.05, 3.63) is 0 Å². The molecule has 0 aromatic carbocycles. The summed E-state index contributed by atoms with van der Waals surface area (Å²) in [6, 6.07) is 0. The number of hydrogen-bond donors (Lipinski definition) is 0. The van der Waals surface area contributed by atoms with Crippen LogP contribution in [0, 0.1) is 0 Å². The summed E-state index contributed by atoms with van der Waals surface area (Å²) in [5, 5.41) is 0. The van der Waals surface area contributed by atoms with E-state index >= 15 is 0 Å². The van der Waals surface area contributed by atoms with Gasteiger partial charge in [0.05, 0.1) is 12.9 Å². The van der Waals surface area contributed by atoms with Gasteiger partial charge in [0, 0.05) is 13.2 Å². The van der Waals surface area contributed by atoms with Crippen LogP contribution in [0.3, 0.4) is 0 Å². The van der Waals surface area contributed by atoms with E-state index in [-0.39, 0.29) is 6.23 Å². The summed E-state index contributed by atoms with van der Waals surface area (Å²) in [4.78, 5) is 6.59. The van der Waals surface area contributed by atoms with E-state index in [0.717, 1.165) is 19.7 Å². The fourth-order valence-electron chi connectivity index (χ4n) is 3.45. The quantitative estimate of drug-likeness (QED) is 0.296. The van der Waals surface area contributed by atoms with Crippen LogP contribution < -0.4 is 0 Å². The third-order valence-corrected chi connectivity index (χ3v) is 4.99. The molecule has 1 aliphatic rings. The molecule has 0 N–H and O–H groups in total. The van der Waals surface area contributed by atoms with Gasteiger partial charge in [0.2, 0.25) is 0 Å². The lowest BCUT2D eigenvalue weighted by Crippen LogP contribution is -2.34. The Morgan fingerprint density at radius 3 is 1.79 bits per heavy atom. The number of nitrogens with zero attached hydrogens (tertiary/aromatic N) is 2. The molecule has 0 saturated carbocycles. The lowest BCUT2D eigenvalue weighted by Gasteiger charge is -2.23. The highest BCUT2D eigenvalue weighted by Crippen LogP contribution is 2.14. The second kappa shape index (κ2) is 15.9. The highest BCUT2D eigenvalue weighted by molar-refractivity contribution is 5.57. The topological polar surface area (TPSA) is 24.8 Å². The summed E-state index contributed by atoms with van der Waals surface area (Å²) in [7, 11) is 0. The fraction of sp³-hybridized carbons (Fsp3) is 0.952. The predicted molar refractivity (Wildman–Crippen MR) is 106 cm³/mol. The molecule has 0 saturated heterocycles. The van der Waals surface area contributed by atoms with Gasteiger partial charge in [-0.1, -0.05) is 90.4 Å². The van der Waals surface area contributed by atoms with Gasteiger partial charge in [-0.25, -0.2) is 0 Å². The first-order valence-corrected chi connectivity index (χ1v) is 10.8. The van der Waals surface area contributed by atoms with Crippen LogP contribution in [0.2, 0.25) is 0 Å². The molecule has 0 fully saturated rings. The van der Waals surface area contributed by atoms with E-state index in [1.165, 1.54) is 89.9 Å². The Bertz CT molecular complexity index is 294. The molecule has 0 amide bonds. The van der Waals surface area contributed by atoms with Gasteiger partial charge in [-0.2, -0.15) is 0 Å². The van der Waals surface area contributed by atoms with E-state index < -0.39 is 0 Å². The van der Waals surface area contributed by atoms with Gasteiger partial charge in [-0.3, -0.25) is 4.99 Å². The van der Waals surface area contributed by atoms with Crippen LogP contribution in [0.5, 0.6) is 0 Å². The molecule has 0 aromatic heterocycles. The molecule has 24 heavy (non-hydrogen) atoms. The number of aliphatic imine (C=N–C) groups is 1. The Morgan fingerprint density at radius 1 is 0.792 bits per heavy atom. The van der Waals surface area contributed by atoms with Crippen LogP contribution in [0.15, 0.2) is 4.99 Å². The third-order valence-electron chi connectivity index (χ3n) is 4.99. The molecule has 0 bridgehead atoms. The fourth-order valence-corrected chi connectivity index (χ4v) is 3.45. The van der Waals surface area contributed by atoms with Crippen LogP contribution >= 0.6 is 0 Å². The number of hydrogen-bond acceptors (Lipinski definition) is 3. The zero-order valence-electron chi connectivity index (χ0n) is 16.5. The highest BCUT2D eigenvalue weighted by Gasteiger charge is 2.19. The van der Waals surface area contributed by atoms with E-state index in [9.17, 15) is 0 Å². The Labute approximate surface area is 151 Å². The molecule has 0 aliphatic carbocycles. The molecule has 0 aromatic rings. The first kappa shape index (κ1) is 21.5. The van der Waals surface area contributed by atoms with Crippen molar-refractivity contribution in [1.29, 1.82) is 0 Å². The standard InChI is InChI=1S/C21H42N2O/c1-3-5-6-7-8-9-10-11-12-13-14-15-16-17-18-23-20-22-19-21(23)24-4-2/h20-21H,3-19H2,1-2H3. The first-order valence-electron chi connectivity index (χ1n) is 10.8. The van der Waals surface area contributed by atoms with Gasteiger partial charge in [-0.15, -0.1) is 0 Å². The second-order valence-corrected chi connectivity index (χ2v) is 7.22. The maximum atomic E-state index is 5.69. The van der Waals surface area contributed by atoms with Crippen molar-refractivity contribution in [3.8, 4) is 0 Å². The van der Waals surface area contributed by atoms with Crippen molar-refractivity contribution in [3.63, 3.8) is 0 Å². The Hall–Kier alpha value is -0.570. The van der Waals surface area contributed by atoms with Crippen molar-refractivity contribution in [2.24, 2.45) is 4.99 Å². The van der Waals surface area contributed by atoms with Crippen LogP contribution in [0.4, 0.5) is 0 Å². The average Bonchev–Trinajstić information content (AvgIpc) is 3.03. The predicted octanol–water partition coefficient (Wildman–Crippen LogP) is 6.17. The molecule has 142 valence electrons. The molecule has 3 nitrogen and oxygen atoms in total. The largest absolute Gasteiger partial charge is 0.357 e. The smallest absolute Gasteiger partial charge is 0.150 e. The summed E-state index contributed by atoms with van der Waals surface area (Å²) in [6.45, 7) is 7.04. The van der Waals surface area contributed by atoms with Gasteiger partial charge in [0.25, 0.3) is 0 Å². The van der Waals surface area contributed by atoms with E-state index in [4.69, 9.17) is 4.74 Å². The van der Waals surface area contributed by atoms with Gasteiger partial charge in [0.1, 0.15) is 0 Å². The van der Waals surface area contributed by atoms with E-state index in [1.54, 1.807) is 0 Å². The summed E-state index contributed by atoms with van der Waals surface area (Å²) >= 11 is 0. The number of rotatable bonds is 17. The van der Waals surface area contributed by atoms with Gasteiger partial charge < -0.3 is 9.64 Å². The van der Waals surface area contributed by atoms with Crippen molar-refractivity contribution >= 4 is 6.34 Å².